The Morgan fingerprint density at radius 2 is 2.35 bits per heavy atom. The van der Waals surface area contributed by atoms with Crippen LogP contribution in [0.5, 0.6) is 0 Å². The predicted molar refractivity (Wildman–Crippen MR) is 88.1 cm³/mol. The van der Waals surface area contributed by atoms with E-state index in [2.05, 4.69) is 22.4 Å². The van der Waals surface area contributed by atoms with E-state index in [1.165, 1.54) is 11.8 Å². The molecule has 2 N–H and O–H groups in total. The van der Waals surface area contributed by atoms with Gasteiger partial charge in [0.15, 0.2) is 0 Å². The van der Waals surface area contributed by atoms with Gasteiger partial charge in [-0.05, 0) is 41.5 Å². The van der Waals surface area contributed by atoms with Gasteiger partial charge < -0.3 is 5.32 Å². The largest absolute Gasteiger partial charge is 0.376 e. The maximum Gasteiger partial charge on any atom is 0.259 e. The van der Waals surface area contributed by atoms with Crippen molar-refractivity contribution in [3.63, 3.8) is 0 Å². The summed E-state index contributed by atoms with van der Waals surface area (Å²) in [6.07, 6.45) is 1.58. The molecule has 0 radical (unpaired) electrons. The van der Waals surface area contributed by atoms with Gasteiger partial charge in [-0.2, -0.15) is 5.10 Å². The van der Waals surface area contributed by atoms with Crippen LogP contribution in [-0.4, -0.2) is 18.7 Å². The Labute approximate surface area is 128 Å². The number of anilines is 1. The van der Waals surface area contributed by atoms with Gasteiger partial charge in [0, 0.05) is 10.7 Å². The standard InChI is InChI=1S/C14H16ClN3OS/c1-3-20-10-11(2)8-17-18-14(19)9-16-13-6-4-5-12(15)7-13/h3-8,10,16H,1,9H2,2H3,(H,18,19)/b11-10+,17-8+. The first kappa shape index (κ1) is 16.3. The number of nitrogens with one attached hydrogen (secondary N) is 2. The van der Waals surface area contributed by atoms with E-state index in [0.717, 1.165) is 11.3 Å². The molecule has 4 nitrogen and oxygen atoms in total. The Bertz CT molecular complexity index is 529. The van der Waals surface area contributed by atoms with Crippen molar-refractivity contribution in [3.05, 3.63) is 52.3 Å². The van der Waals surface area contributed by atoms with Crippen molar-refractivity contribution in [2.75, 3.05) is 11.9 Å². The van der Waals surface area contributed by atoms with E-state index in [9.17, 15) is 4.79 Å². The van der Waals surface area contributed by atoms with Crippen LogP contribution < -0.4 is 10.7 Å². The molecule has 0 bridgehead atoms. The Morgan fingerprint density at radius 3 is 3.05 bits per heavy atom. The summed E-state index contributed by atoms with van der Waals surface area (Å²) in [5.74, 6) is -0.231. The number of benzene rings is 1. The fourth-order valence-corrected chi connectivity index (χ4v) is 1.77. The molecule has 1 aromatic rings. The van der Waals surface area contributed by atoms with Crippen LogP contribution in [-0.2, 0) is 4.79 Å². The zero-order valence-corrected chi connectivity index (χ0v) is 12.7. The molecule has 106 valence electrons. The molecule has 1 rings (SSSR count). The maximum atomic E-state index is 11.5. The Kier molecular flexibility index (Phi) is 7.54. The number of carbonyl (C=O) groups is 1. The SMILES string of the molecule is C=CS/C=C(C)/C=N/NC(=O)CNc1cccc(Cl)c1. The first-order valence-electron chi connectivity index (χ1n) is 5.86. The van der Waals surface area contributed by atoms with Crippen molar-refractivity contribution in [2.45, 2.75) is 6.92 Å². The summed E-state index contributed by atoms with van der Waals surface area (Å²) in [5, 5.41) is 11.0. The minimum absolute atomic E-state index is 0.127. The quantitative estimate of drug-likeness (QED) is 0.597. The van der Waals surface area contributed by atoms with Gasteiger partial charge >= 0.3 is 0 Å². The predicted octanol–water partition coefficient (Wildman–Crippen LogP) is 3.63. The molecule has 0 saturated carbocycles. The van der Waals surface area contributed by atoms with Crippen molar-refractivity contribution in [2.24, 2.45) is 5.10 Å². The summed E-state index contributed by atoms with van der Waals surface area (Å²) in [6, 6.07) is 7.17. The summed E-state index contributed by atoms with van der Waals surface area (Å²) >= 11 is 7.30. The van der Waals surface area contributed by atoms with Gasteiger partial charge in [-0.1, -0.05) is 24.2 Å². The third kappa shape index (κ3) is 7.01. The van der Waals surface area contributed by atoms with E-state index >= 15 is 0 Å². The number of thioether (sulfide) groups is 1. The number of halogens is 1. The lowest BCUT2D eigenvalue weighted by Gasteiger charge is -2.05. The number of carbonyl (C=O) groups excluding carboxylic acids is 1. The lowest BCUT2D eigenvalue weighted by molar-refractivity contribution is -0.119. The highest BCUT2D eigenvalue weighted by Crippen LogP contribution is 2.14. The summed E-state index contributed by atoms with van der Waals surface area (Å²) in [4.78, 5) is 11.5. The second kappa shape index (κ2) is 9.23. The van der Waals surface area contributed by atoms with E-state index in [4.69, 9.17) is 11.6 Å². The molecule has 0 aliphatic carbocycles. The molecule has 0 saturated heterocycles. The van der Waals surface area contributed by atoms with Crippen LogP contribution in [0, 0.1) is 0 Å². The topological polar surface area (TPSA) is 53.5 Å². The molecular formula is C14H16ClN3OS. The summed E-state index contributed by atoms with van der Waals surface area (Å²) in [6.45, 7) is 5.60. The molecule has 0 heterocycles. The summed E-state index contributed by atoms with van der Waals surface area (Å²) in [7, 11) is 0. The van der Waals surface area contributed by atoms with Crippen LogP contribution in [0.2, 0.25) is 5.02 Å². The van der Waals surface area contributed by atoms with Gasteiger partial charge in [-0.3, -0.25) is 4.79 Å². The molecule has 0 unspecified atom stereocenters. The third-order valence-electron chi connectivity index (χ3n) is 2.09. The highest BCUT2D eigenvalue weighted by molar-refractivity contribution is 8.04. The van der Waals surface area contributed by atoms with Crippen molar-refractivity contribution >= 4 is 41.2 Å². The number of hydrazone groups is 1. The van der Waals surface area contributed by atoms with E-state index in [-0.39, 0.29) is 12.5 Å². The first-order valence-corrected chi connectivity index (χ1v) is 7.18. The Morgan fingerprint density at radius 1 is 1.55 bits per heavy atom. The summed E-state index contributed by atoms with van der Waals surface area (Å²) in [5.41, 5.74) is 4.15. The molecule has 0 fully saturated rings. The van der Waals surface area contributed by atoms with Gasteiger partial charge in [-0.25, -0.2) is 5.43 Å². The molecule has 1 amide bonds. The van der Waals surface area contributed by atoms with Gasteiger partial charge in [0.25, 0.3) is 5.91 Å². The summed E-state index contributed by atoms with van der Waals surface area (Å²) < 4.78 is 0. The number of hydrogen-bond donors (Lipinski definition) is 2. The molecule has 0 aliphatic rings. The van der Waals surface area contributed by atoms with Crippen molar-refractivity contribution < 1.29 is 4.79 Å². The van der Waals surface area contributed by atoms with Gasteiger partial charge in [0.05, 0.1) is 12.8 Å². The lowest BCUT2D eigenvalue weighted by Crippen LogP contribution is -2.25. The van der Waals surface area contributed by atoms with E-state index < -0.39 is 0 Å². The number of rotatable bonds is 7. The normalized spacial score (nSPS) is 11.4. The molecule has 1 aromatic carbocycles. The maximum absolute atomic E-state index is 11.5. The van der Waals surface area contributed by atoms with Gasteiger partial charge in [0.2, 0.25) is 0 Å². The number of allylic oxidation sites excluding steroid dienone is 1. The number of amides is 1. The Balaban J connectivity index is 2.34. The molecule has 0 aromatic heterocycles. The van der Waals surface area contributed by atoms with E-state index in [1.54, 1.807) is 23.8 Å². The highest BCUT2D eigenvalue weighted by Gasteiger charge is 1.99. The van der Waals surface area contributed by atoms with Crippen molar-refractivity contribution in [1.82, 2.24) is 5.43 Å². The minimum Gasteiger partial charge on any atom is -0.376 e. The number of nitrogens with zero attached hydrogens (tertiary/aromatic N) is 1. The fourth-order valence-electron chi connectivity index (χ4n) is 1.21. The van der Waals surface area contributed by atoms with Crippen molar-refractivity contribution in [3.8, 4) is 0 Å². The first-order chi connectivity index (χ1) is 9.61. The zero-order chi connectivity index (χ0) is 14.8. The molecule has 0 atom stereocenters. The van der Waals surface area contributed by atoms with Crippen LogP contribution in [0.4, 0.5) is 5.69 Å². The molecule has 20 heavy (non-hydrogen) atoms. The average molecular weight is 310 g/mol. The Hall–Kier alpha value is -1.72. The average Bonchev–Trinajstić information content (AvgIpc) is 2.43. The van der Waals surface area contributed by atoms with Crippen LogP contribution in [0.3, 0.4) is 0 Å². The zero-order valence-electron chi connectivity index (χ0n) is 11.1. The van der Waals surface area contributed by atoms with Gasteiger partial charge in [-0.15, -0.1) is 11.8 Å². The van der Waals surface area contributed by atoms with Crippen LogP contribution >= 0.6 is 23.4 Å². The van der Waals surface area contributed by atoms with Gasteiger partial charge in [0.1, 0.15) is 0 Å². The smallest absolute Gasteiger partial charge is 0.259 e. The van der Waals surface area contributed by atoms with E-state index in [1.807, 2.05) is 24.5 Å². The van der Waals surface area contributed by atoms with Crippen LogP contribution in [0.25, 0.3) is 0 Å². The lowest BCUT2D eigenvalue weighted by atomic mass is 10.3. The third-order valence-corrected chi connectivity index (χ3v) is 3.02. The molecule has 6 heteroatoms. The minimum atomic E-state index is -0.231. The van der Waals surface area contributed by atoms with Crippen LogP contribution in [0.1, 0.15) is 6.92 Å². The van der Waals surface area contributed by atoms with E-state index in [0.29, 0.717) is 5.02 Å². The fraction of sp³-hybridized carbons (Fsp3) is 0.143. The highest BCUT2D eigenvalue weighted by atomic mass is 35.5. The number of hydrogen-bond acceptors (Lipinski definition) is 4. The molecule has 0 spiro atoms. The van der Waals surface area contributed by atoms with Crippen LogP contribution in [0.15, 0.2) is 52.3 Å². The molecular weight excluding hydrogens is 294 g/mol. The molecule has 0 aliphatic heterocycles. The monoisotopic (exact) mass is 309 g/mol. The second-order valence-corrected chi connectivity index (χ2v) is 5.10. The second-order valence-electron chi connectivity index (χ2n) is 3.82. The van der Waals surface area contributed by atoms with Crippen molar-refractivity contribution in [1.29, 1.82) is 0 Å².